The first-order valence-electron chi connectivity index (χ1n) is 11.2. The van der Waals surface area contributed by atoms with Gasteiger partial charge in [0.05, 0.1) is 5.41 Å². The van der Waals surface area contributed by atoms with Crippen molar-refractivity contribution in [3.63, 3.8) is 0 Å². The predicted molar refractivity (Wildman–Crippen MR) is 116 cm³/mol. The molecule has 1 saturated carbocycles. The molecule has 1 N–H and O–H groups in total. The molecule has 0 amide bonds. The summed E-state index contributed by atoms with van der Waals surface area (Å²) < 4.78 is 5.21. The largest absolute Gasteiger partial charge is 0.481 e. The molecule has 162 valence electrons. The second-order valence-corrected chi connectivity index (χ2v) is 9.53. The van der Waals surface area contributed by atoms with Crippen molar-refractivity contribution < 1.29 is 19.4 Å². The molecule has 0 unspecified atom stereocenters. The Morgan fingerprint density at radius 2 is 1.62 bits per heavy atom. The first kappa shape index (κ1) is 23.4. The van der Waals surface area contributed by atoms with Crippen LogP contribution in [-0.4, -0.2) is 23.1 Å². The van der Waals surface area contributed by atoms with Crippen LogP contribution in [0.5, 0.6) is 0 Å². The molecule has 0 aromatic heterocycles. The van der Waals surface area contributed by atoms with E-state index in [1.807, 2.05) is 13.8 Å². The summed E-state index contributed by atoms with van der Waals surface area (Å²) >= 11 is 0. The van der Waals surface area contributed by atoms with Crippen LogP contribution in [0, 0.1) is 12.3 Å². The molecule has 0 saturated heterocycles. The third-order valence-electron chi connectivity index (χ3n) is 6.25. The molecule has 0 aliphatic heterocycles. The Morgan fingerprint density at radius 3 is 2.14 bits per heavy atom. The number of carboxylic acids is 1. The predicted octanol–water partition coefficient (Wildman–Crippen LogP) is 6.02. The Balaban J connectivity index is 1.66. The van der Waals surface area contributed by atoms with Crippen LogP contribution >= 0.6 is 0 Å². The number of ether oxygens (including phenoxy) is 1. The number of hydrogen-bond donors (Lipinski definition) is 1. The fourth-order valence-corrected chi connectivity index (χ4v) is 4.04. The molecule has 0 heterocycles. The van der Waals surface area contributed by atoms with Gasteiger partial charge < -0.3 is 9.84 Å². The Morgan fingerprint density at radius 1 is 1.03 bits per heavy atom. The van der Waals surface area contributed by atoms with Crippen LogP contribution in [0.15, 0.2) is 18.2 Å². The van der Waals surface area contributed by atoms with Gasteiger partial charge in [-0.25, -0.2) is 0 Å². The zero-order chi connectivity index (χ0) is 21.3. The molecule has 0 bridgehead atoms. The summed E-state index contributed by atoms with van der Waals surface area (Å²) in [5.41, 5.74) is 3.40. The molecule has 1 aromatic rings. The monoisotopic (exact) mass is 402 g/mol. The van der Waals surface area contributed by atoms with Crippen LogP contribution in [0.4, 0.5) is 0 Å². The molecular formula is C25H38O4. The number of benzene rings is 1. The minimum atomic E-state index is -0.704. The summed E-state index contributed by atoms with van der Waals surface area (Å²) in [5, 5.41) is 9.19. The van der Waals surface area contributed by atoms with Gasteiger partial charge in [-0.1, -0.05) is 43.0 Å². The van der Waals surface area contributed by atoms with E-state index < -0.39 is 11.4 Å². The summed E-state index contributed by atoms with van der Waals surface area (Å²) in [6.45, 7) is 6.38. The normalized spacial score (nSPS) is 15.1. The highest BCUT2D eigenvalue weighted by Crippen LogP contribution is 2.43. The number of carbonyl (C=O) groups is 2. The van der Waals surface area contributed by atoms with E-state index in [1.54, 1.807) is 0 Å². The second-order valence-electron chi connectivity index (χ2n) is 9.53. The number of carbonyl (C=O) groups excluding carboxylic acids is 1. The van der Waals surface area contributed by atoms with E-state index in [0.717, 1.165) is 64.2 Å². The molecule has 4 heteroatoms. The van der Waals surface area contributed by atoms with E-state index in [2.05, 4.69) is 25.1 Å². The van der Waals surface area contributed by atoms with Gasteiger partial charge in [0.1, 0.15) is 5.60 Å². The van der Waals surface area contributed by atoms with Gasteiger partial charge in [-0.3, -0.25) is 9.59 Å². The number of aliphatic carboxylic acids is 1. The summed E-state index contributed by atoms with van der Waals surface area (Å²) in [7, 11) is 0. The van der Waals surface area contributed by atoms with Crippen molar-refractivity contribution in [3.05, 3.63) is 34.9 Å². The van der Waals surface area contributed by atoms with Gasteiger partial charge in [-0.05, 0) is 89.7 Å². The molecule has 4 nitrogen and oxygen atoms in total. The van der Waals surface area contributed by atoms with Gasteiger partial charge in [0.2, 0.25) is 0 Å². The average molecular weight is 403 g/mol. The van der Waals surface area contributed by atoms with Crippen molar-refractivity contribution in [1.29, 1.82) is 0 Å². The van der Waals surface area contributed by atoms with Gasteiger partial charge in [0, 0.05) is 0 Å². The smallest absolute Gasteiger partial charge is 0.309 e. The van der Waals surface area contributed by atoms with Crippen molar-refractivity contribution in [2.45, 2.75) is 103 Å². The molecule has 1 aliphatic rings. The van der Waals surface area contributed by atoms with Gasteiger partial charge in [0.15, 0.2) is 0 Å². The lowest BCUT2D eigenvalue weighted by Gasteiger charge is -2.18. The van der Waals surface area contributed by atoms with Gasteiger partial charge in [0.25, 0.3) is 6.47 Å². The highest BCUT2D eigenvalue weighted by molar-refractivity contribution is 5.73. The van der Waals surface area contributed by atoms with Crippen LogP contribution < -0.4 is 0 Å². The maximum Gasteiger partial charge on any atom is 0.309 e. The van der Waals surface area contributed by atoms with Crippen LogP contribution in [0.2, 0.25) is 0 Å². The number of unbranched alkanes of at least 4 members (excludes halogenated alkanes) is 4. The average Bonchev–Trinajstić information content (AvgIpc) is 3.40. The minimum absolute atomic E-state index is 0.113. The summed E-state index contributed by atoms with van der Waals surface area (Å²) in [4.78, 5) is 21.7. The van der Waals surface area contributed by atoms with Gasteiger partial charge in [-0.2, -0.15) is 0 Å². The Kier molecular flexibility index (Phi) is 8.73. The third-order valence-corrected chi connectivity index (χ3v) is 6.25. The van der Waals surface area contributed by atoms with Crippen LogP contribution in [-0.2, 0) is 27.2 Å². The van der Waals surface area contributed by atoms with Crippen LogP contribution in [0.1, 0.15) is 94.7 Å². The second kappa shape index (κ2) is 10.8. The Hall–Kier alpha value is -1.84. The molecule has 29 heavy (non-hydrogen) atoms. The first-order chi connectivity index (χ1) is 13.8. The third kappa shape index (κ3) is 8.20. The van der Waals surface area contributed by atoms with E-state index in [0.29, 0.717) is 6.47 Å². The SMILES string of the molecule is Cc1cc(CCCCCC2(OC=O)CC2)cc(CCCCCC(C)(C)C(=O)O)c1. The Bertz CT molecular complexity index is 673. The maximum absolute atomic E-state index is 11.2. The number of aryl methyl sites for hydroxylation is 3. The van der Waals surface area contributed by atoms with Gasteiger partial charge >= 0.3 is 5.97 Å². The summed E-state index contributed by atoms with van der Waals surface area (Å²) in [5.74, 6) is -0.704. The zero-order valence-corrected chi connectivity index (χ0v) is 18.5. The van der Waals surface area contributed by atoms with E-state index >= 15 is 0 Å². The zero-order valence-electron chi connectivity index (χ0n) is 18.5. The van der Waals surface area contributed by atoms with Crippen molar-refractivity contribution in [1.82, 2.24) is 0 Å². The topological polar surface area (TPSA) is 63.6 Å². The standard InChI is InChI=1S/C25H38O4/c1-20-16-21(10-6-4-8-12-24(2,3)23(27)28)18-22(17-20)11-7-5-9-13-25(14-15-25)29-19-26/h16-19H,4-15H2,1-3H3,(H,27,28). The molecule has 1 aromatic carbocycles. The highest BCUT2D eigenvalue weighted by Gasteiger charge is 2.44. The molecule has 0 spiro atoms. The molecule has 0 radical (unpaired) electrons. The van der Waals surface area contributed by atoms with E-state index in [9.17, 15) is 14.7 Å². The van der Waals surface area contributed by atoms with Gasteiger partial charge in [-0.15, -0.1) is 0 Å². The van der Waals surface area contributed by atoms with E-state index in [-0.39, 0.29) is 5.60 Å². The molecule has 1 fully saturated rings. The van der Waals surface area contributed by atoms with Crippen LogP contribution in [0.3, 0.4) is 0 Å². The molecule has 2 rings (SSSR count). The number of carboxylic acid groups (broad SMARTS) is 1. The highest BCUT2D eigenvalue weighted by atomic mass is 16.5. The van der Waals surface area contributed by atoms with Crippen molar-refractivity contribution in [2.75, 3.05) is 0 Å². The molecular weight excluding hydrogens is 364 g/mol. The Labute approximate surface area is 176 Å². The van der Waals surface area contributed by atoms with Crippen molar-refractivity contribution in [2.24, 2.45) is 5.41 Å². The lowest BCUT2D eigenvalue weighted by atomic mass is 9.87. The number of hydrogen-bond acceptors (Lipinski definition) is 3. The lowest BCUT2D eigenvalue weighted by Crippen LogP contribution is -2.23. The van der Waals surface area contributed by atoms with E-state index in [1.165, 1.54) is 29.5 Å². The summed E-state index contributed by atoms with van der Waals surface area (Å²) in [6, 6.07) is 6.90. The lowest BCUT2D eigenvalue weighted by molar-refractivity contribution is -0.147. The molecule has 1 aliphatic carbocycles. The number of rotatable bonds is 15. The fraction of sp³-hybridized carbons (Fsp3) is 0.680. The quantitative estimate of drug-likeness (QED) is 0.288. The summed E-state index contributed by atoms with van der Waals surface area (Å²) in [6.07, 6.45) is 12.6. The van der Waals surface area contributed by atoms with Crippen LogP contribution in [0.25, 0.3) is 0 Å². The first-order valence-corrected chi connectivity index (χ1v) is 11.2. The molecule has 0 atom stereocenters. The van der Waals surface area contributed by atoms with Crippen molar-refractivity contribution >= 4 is 12.4 Å². The fourth-order valence-electron chi connectivity index (χ4n) is 4.04. The van der Waals surface area contributed by atoms with E-state index in [4.69, 9.17) is 4.74 Å². The maximum atomic E-state index is 11.2. The van der Waals surface area contributed by atoms with Crippen molar-refractivity contribution in [3.8, 4) is 0 Å². The minimum Gasteiger partial charge on any atom is -0.481 e.